The Balaban J connectivity index is 1.73. The Labute approximate surface area is 189 Å². The molecule has 10 nitrogen and oxygen atoms in total. The summed E-state index contributed by atoms with van der Waals surface area (Å²) in [6.45, 7) is 1.67. The number of aryl methyl sites for hydroxylation is 1. The van der Waals surface area contributed by atoms with Crippen LogP contribution in [0.2, 0.25) is 0 Å². The number of nitrogens with two attached hydrogens (primary N) is 1. The van der Waals surface area contributed by atoms with Crippen molar-refractivity contribution in [2.45, 2.75) is 13.1 Å². The Hall–Kier alpha value is -4.49. The highest BCUT2D eigenvalue weighted by molar-refractivity contribution is 6.06. The van der Waals surface area contributed by atoms with Gasteiger partial charge in [0.2, 0.25) is 0 Å². The lowest BCUT2D eigenvalue weighted by Gasteiger charge is -2.15. The van der Waals surface area contributed by atoms with Crippen molar-refractivity contribution in [3.63, 3.8) is 0 Å². The fourth-order valence-electron chi connectivity index (χ4n) is 3.25. The molecule has 0 unspecified atom stereocenters. The van der Waals surface area contributed by atoms with Crippen molar-refractivity contribution < 1.29 is 22.4 Å². The number of hydrogen-bond acceptors (Lipinski definition) is 7. The summed E-state index contributed by atoms with van der Waals surface area (Å²) in [4.78, 5) is 17.8. The molecule has 0 spiro atoms. The second kappa shape index (κ2) is 8.46. The fraction of sp³-hybridized carbons (Fsp3) is 0.150. The molecule has 1 amide bonds. The number of hydrogen-bond donors (Lipinski definition) is 3. The van der Waals surface area contributed by atoms with Gasteiger partial charge in [-0.2, -0.15) is 28.5 Å². The van der Waals surface area contributed by atoms with Crippen LogP contribution in [0.15, 0.2) is 42.9 Å². The van der Waals surface area contributed by atoms with Crippen molar-refractivity contribution in [1.82, 2.24) is 29.8 Å². The maximum absolute atomic E-state index is 13.9. The predicted molar refractivity (Wildman–Crippen MR) is 114 cm³/mol. The summed E-state index contributed by atoms with van der Waals surface area (Å²) in [5.74, 6) is -2.94. The van der Waals surface area contributed by atoms with Crippen LogP contribution >= 0.6 is 0 Å². The second-order valence-corrected chi connectivity index (χ2v) is 7.06. The quantitative estimate of drug-likeness (QED) is 0.378. The maximum atomic E-state index is 13.9. The monoisotopic (exact) mass is 475 g/mol. The van der Waals surface area contributed by atoms with Gasteiger partial charge in [-0.1, -0.05) is 0 Å². The number of pyridine rings is 1. The Morgan fingerprint density at radius 2 is 1.79 bits per heavy atom. The van der Waals surface area contributed by atoms with Crippen LogP contribution in [0.4, 0.5) is 34.8 Å². The first-order valence-corrected chi connectivity index (χ1v) is 9.68. The van der Waals surface area contributed by atoms with Gasteiger partial charge >= 0.3 is 6.18 Å². The van der Waals surface area contributed by atoms with Gasteiger partial charge in [0.05, 0.1) is 29.8 Å². The maximum Gasteiger partial charge on any atom is 0.434 e. The Bertz CT molecular complexity index is 1360. The average molecular weight is 475 g/mol. The number of anilines is 3. The molecule has 0 saturated carbocycles. The van der Waals surface area contributed by atoms with E-state index < -0.39 is 40.8 Å². The molecule has 1 aromatic carbocycles. The molecule has 0 radical (unpaired) electrons. The van der Waals surface area contributed by atoms with E-state index in [1.165, 1.54) is 17.2 Å². The molecule has 0 aliphatic carbocycles. The van der Waals surface area contributed by atoms with Gasteiger partial charge in [-0.05, 0) is 36.8 Å². The summed E-state index contributed by atoms with van der Waals surface area (Å²) >= 11 is 0. The van der Waals surface area contributed by atoms with E-state index in [0.717, 1.165) is 18.3 Å². The molecule has 3 heterocycles. The van der Waals surface area contributed by atoms with Gasteiger partial charge in [0.1, 0.15) is 5.69 Å². The molecule has 0 saturated heterocycles. The summed E-state index contributed by atoms with van der Waals surface area (Å²) in [6.07, 6.45) is -1.24. The van der Waals surface area contributed by atoms with E-state index in [4.69, 9.17) is 5.73 Å². The fourth-order valence-corrected chi connectivity index (χ4v) is 3.25. The van der Waals surface area contributed by atoms with Gasteiger partial charge in [-0.3, -0.25) is 4.79 Å². The summed E-state index contributed by atoms with van der Waals surface area (Å²) in [6, 6.07) is 5.05. The van der Waals surface area contributed by atoms with Crippen LogP contribution in [0, 0.1) is 12.7 Å². The number of nitrogen functional groups attached to an aromatic ring is 1. The van der Waals surface area contributed by atoms with Crippen molar-refractivity contribution in [3.05, 3.63) is 65.5 Å². The van der Waals surface area contributed by atoms with Crippen LogP contribution in [0.1, 0.15) is 21.6 Å². The number of benzene rings is 1. The zero-order valence-electron chi connectivity index (χ0n) is 17.7. The Morgan fingerprint density at radius 3 is 2.41 bits per heavy atom. The first-order valence-electron chi connectivity index (χ1n) is 9.68. The molecule has 4 aromatic rings. The Morgan fingerprint density at radius 1 is 1.09 bits per heavy atom. The number of carbonyl (C=O) groups is 1. The number of carbonyl (C=O) groups excluding carboxylic acids is 1. The molecule has 0 aliphatic heterocycles. The van der Waals surface area contributed by atoms with Crippen LogP contribution < -0.4 is 16.4 Å². The van der Waals surface area contributed by atoms with E-state index in [1.54, 1.807) is 26.1 Å². The molecule has 176 valence electrons. The molecule has 0 fully saturated rings. The summed E-state index contributed by atoms with van der Waals surface area (Å²) in [5, 5.41) is 17.2. The minimum Gasteiger partial charge on any atom is -0.386 e. The van der Waals surface area contributed by atoms with E-state index in [-0.39, 0.29) is 5.69 Å². The highest BCUT2D eigenvalue weighted by Crippen LogP contribution is 2.34. The van der Waals surface area contributed by atoms with Gasteiger partial charge < -0.3 is 16.4 Å². The largest absolute Gasteiger partial charge is 0.434 e. The number of alkyl halides is 3. The number of nitrogens with one attached hydrogen (secondary N) is 2. The average Bonchev–Trinajstić information content (AvgIpc) is 3.46. The second-order valence-electron chi connectivity index (χ2n) is 7.06. The van der Waals surface area contributed by atoms with E-state index in [1.807, 2.05) is 0 Å². The number of rotatable bonds is 5. The van der Waals surface area contributed by atoms with Crippen LogP contribution in [0.25, 0.3) is 11.5 Å². The van der Waals surface area contributed by atoms with Crippen LogP contribution in [-0.2, 0) is 6.18 Å². The zero-order chi connectivity index (χ0) is 24.6. The van der Waals surface area contributed by atoms with Gasteiger partial charge in [0.25, 0.3) is 5.91 Å². The van der Waals surface area contributed by atoms with Crippen LogP contribution in [0.3, 0.4) is 0 Å². The number of aromatic nitrogens is 6. The first-order chi connectivity index (χ1) is 16.1. The third-order valence-electron chi connectivity index (χ3n) is 4.85. The van der Waals surface area contributed by atoms with Gasteiger partial charge in [-0.25, -0.2) is 14.1 Å². The number of amides is 1. The van der Waals surface area contributed by atoms with Crippen LogP contribution in [0.5, 0.6) is 0 Å². The minimum absolute atomic E-state index is 0.260. The summed E-state index contributed by atoms with van der Waals surface area (Å²) in [5.41, 5.74) is 5.15. The van der Waals surface area contributed by atoms with Gasteiger partial charge in [0.15, 0.2) is 23.1 Å². The lowest BCUT2D eigenvalue weighted by Crippen LogP contribution is -2.21. The lowest BCUT2D eigenvalue weighted by molar-refractivity contribution is -0.143. The topological polar surface area (TPSA) is 129 Å². The number of nitrogens with zero attached hydrogens (tertiary/aromatic N) is 6. The highest BCUT2D eigenvalue weighted by Gasteiger charge is 2.41. The van der Waals surface area contributed by atoms with E-state index in [9.17, 15) is 22.4 Å². The molecule has 0 atom stereocenters. The third kappa shape index (κ3) is 4.12. The molecular formula is C20H17F4N9O. The van der Waals surface area contributed by atoms with Crippen molar-refractivity contribution in [2.24, 2.45) is 0 Å². The standard InChI is InChI=1S/C20H17F4N9O/c1-10-7-15(33-27-5-6-28-33)14(26-2)8-13(10)30-19(34)11-9-29-32(17(11)20(22,23)24)16-4-3-12(21)18(25)31-16/h3-9,26H,1-2H3,(H2,25,31)(H,30,34). The summed E-state index contributed by atoms with van der Waals surface area (Å²) in [7, 11) is 1.64. The molecular weight excluding hydrogens is 458 g/mol. The molecule has 0 bridgehead atoms. The van der Waals surface area contributed by atoms with Crippen LogP contribution in [-0.4, -0.2) is 42.7 Å². The van der Waals surface area contributed by atoms with E-state index >= 15 is 0 Å². The smallest absolute Gasteiger partial charge is 0.386 e. The normalized spacial score (nSPS) is 11.5. The molecule has 14 heteroatoms. The summed E-state index contributed by atoms with van der Waals surface area (Å²) < 4.78 is 55.6. The van der Waals surface area contributed by atoms with Crippen molar-refractivity contribution in [1.29, 1.82) is 0 Å². The third-order valence-corrected chi connectivity index (χ3v) is 4.85. The lowest BCUT2D eigenvalue weighted by atomic mass is 10.1. The molecule has 4 rings (SSSR count). The molecule has 4 N–H and O–H groups in total. The number of halogens is 4. The highest BCUT2D eigenvalue weighted by atomic mass is 19.4. The molecule has 3 aromatic heterocycles. The van der Waals surface area contributed by atoms with Gasteiger partial charge in [0, 0.05) is 12.7 Å². The van der Waals surface area contributed by atoms with Crippen molar-refractivity contribution >= 4 is 23.1 Å². The SMILES string of the molecule is CNc1cc(NC(=O)c2cnn(-c3ccc(F)c(N)n3)c2C(F)(F)F)c(C)cc1-n1nccn1. The van der Waals surface area contributed by atoms with Crippen molar-refractivity contribution in [3.8, 4) is 11.5 Å². The van der Waals surface area contributed by atoms with E-state index in [0.29, 0.717) is 21.6 Å². The molecule has 34 heavy (non-hydrogen) atoms. The van der Waals surface area contributed by atoms with E-state index in [2.05, 4.69) is 30.9 Å². The minimum atomic E-state index is -4.98. The Kier molecular flexibility index (Phi) is 5.65. The predicted octanol–water partition coefficient (Wildman–Crippen LogP) is 3.19. The first kappa shape index (κ1) is 22.7. The van der Waals surface area contributed by atoms with Gasteiger partial charge in [-0.15, -0.1) is 4.80 Å². The van der Waals surface area contributed by atoms with Crippen molar-refractivity contribution in [2.75, 3.05) is 23.4 Å². The zero-order valence-corrected chi connectivity index (χ0v) is 17.7. The molecule has 0 aliphatic rings.